The average molecular weight is 231 g/mol. The van der Waals surface area contributed by atoms with E-state index in [1.165, 1.54) is 12.3 Å². The second-order valence-corrected chi connectivity index (χ2v) is 2.96. The van der Waals surface area contributed by atoms with Crippen molar-refractivity contribution in [1.29, 1.82) is 5.26 Å². The Morgan fingerprint density at radius 3 is 2.80 bits per heavy atom. The van der Waals surface area contributed by atoms with E-state index in [0.717, 1.165) is 0 Å². The van der Waals surface area contributed by atoms with Gasteiger partial charge in [-0.3, -0.25) is 0 Å². The topological polar surface area (TPSA) is 48.2 Å². The smallest absolute Gasteiger partial charge is 0.742 e. The van der Waals surface area contributed by atoms with Gasteiger partial charge < -0.3 is 17.9 Å². The van der Waals surface area contributed by atoms with Gasteiger partial charge in [0, 0.05) is 0 Å². The van der Waals surface area contributed by atoms with Crippen LogP contribution in [-0.4, -0.2) is 5.17 Å². The molecule has 15 heavy (non-hydrogen) atoms. The van der Waals surface area contributed by atoms with Crippen LogP contribution in [0.4, 0.5) is 10.1 Å². The van der Waals surface area contributed by atoms with E-state index in [1.807, 2.05) is 0 Å². The largest absolute Gasteiger partial charge is 1.00 e. The maximum absolute atomic E-state index is 13.2. The molecule has 0 saturated carbocycles. The number of aryl methyl sites for hydroxylation is 1. The molecule has 0 unspecified atom stereocenters. The van der Waals surface area contributed by atoms with Gasteiger partial charge in [0.05, 0.1) is 5.69 Å². The van der Waals surface area contributed by atoms with Crippen molar-refractivity contribution in [3.05, 3.63) is 29.6 Å². The SMILES string of the molecule is Cc1cccc(F)c1N/C([S-])=N/C#N.[Na+]. The van der Waals surface area contributed by atoms with Crippen molar-refractivity contribution < 1.29 is 33.9 Å². The predicted molar refractivity (Wildman–Crippen MR) is 55.2 cm³/mol. The Bertz CT molecular complexity index is 394. The van der Waals surface area contributed by atoms with Crippen LogP contribution in [-0.2, 0) is 12.6 Å². The van der Waals surface area contributed by atoms with Gasteiger partial charge in [-0.25, -0.2) is 4.39 Å². The summed E-state index contributed by atoms with van der Waals surface area (Å²) in [4.78, 5) is 3.26. The summed E-state index contributed by atoms with van der Waals surface area (Å²) in [7, 11) is 0. The maximum Gasteiger partial charge on any atom is 1.00 e. The standard InChI is InChI=1S/C9H8FN3S.Na/c1-6-3-2-4-7(10)8(6)13-9(14)12-5-11;/h2-4H,1H3,(H2,12,13,14);/q;+1/p-1. The summed E-state index contributed by atoms with van der Waals surface area (Å²) >= 11 is 4.69. The Kier molecular flexibility index (Phi) is 6.45. The number of rotatable bonds is 1. The van der Waals surface area contributed by atoms with E-state index in [-0.39, 0.29) is 40.4 Å². The molecule has 3 nitrogen and oxygen atoms in total. The van der Waals surface area contributed by atoms with Crippen LogP contribution in [0.1, 0.15) is 5.56 Å². The predicted octanol–water partition coefficient (Wildman–Crippen LogP) is -1.07. The molecule has 1 aromatic carbocycles. The summed E-state index contributed by atoms with van der Waals surface area (Å²) in [6.45, 7) is 1.74. The molecule has 0 radical (unpaired) electrons. The normalized spacial score (nSPS) is 10.1. The van der Waals surface area contributed by atoms with Gasteiger partial charge in [-0.1, -0.05) is 12.1 Å². The number of amidine groups is 1. The molecular formula is C9H7FN3NaS. The van der Waals surface area contributed by atoms with Gasteiger partial charge in [-0.15, -0.1) is 0 Å². The number of halogens is 1. The van der Waals surface area contributed by atoms with Gasteiger partial charge in [0.25, 0.3) is 0 Å². The van der Waals surface area contributed by atoms with Crippen molar-refractivity contribution >= 4 is 23.5 Å². The van der Waals surface area contributed by atoms with E-state index in [0.29, 0.717) is 5.56 Å². The first-order chi connectivity index (χ1) is 6.65. The molecule has 72 valence electrons. The van der Waals surface area contributed by atoms with Crippen molar-refractivity contribution in [3.63, 3.8) is 0 Å². The third-order valence-corrected chi connectivity index (χ3v) is 1.80. The average Bonchev–Trinajstić information content (AvgIpc) is 2.12. The molecule has 1 aromatic rings. The Hall–Kier alpha value is -0.670. The van der Waals surface area contributed by atoms with Gasteiger partial charge in [-0.2, -0.15) is 10.3 Å². The molecule has 1 rings (SSSR count). The Labute approximate surface area is 115 Å². The fraction of sp³-hybridized carbons (Fsp3) is 0.111. The third kappa shape index (κ3) is 4.14. The maximum atomic E-state index is 13.2. The molecule has 0 aromatic heterocycles. The molecular weight excluding hydrogens is 224 g/mol. The third-order valence-electron chi connectivity index (χ3n) is 1.61. The molecule has 0 heterocycles. The van der Waals surface area contributed by atoms with Crippen molar-refractivity contribution in [2.24, 2.45) is 4.99 Å². The minimum absolute atomic E-state index is 0. The molecule has 0 saturated heterocycles. The quantitative estimate of drug-likeness (QED) is 0.220. The summed E-state index contributed by atoms with van der Waals surface area (Å²) in [6, 6.07) is 4.64. The molecule has 0 amide bonds. The number of hydrogen-bond donors (Lipinski definition) is 1. The summed E-state index contributed by atoms with van der Waals surface area (Å²) in [5.74, 6) is -0.416. The number of para-hydroxylation sites is 1. The van der Waals surface area contributed by atoms with Crippen molar-refractivity contribution in [3.8, 4) is 6.19 Å². The van der Waals surface area contributed by atoms with Gasteiger partial charge in [-0.05, 0) is 23.7 Å². The van der Waals surface area contributed by atoms with Gasteiger partial charge in [0.15, 0.2) is 0 Å². The second kappa shape index (κ2) is 6.75. The van der Waals surface area contributed by atoms with E-state index in [2.05, 4.69) is 22.9 Å². The Morgan fingerprint density at radius 1 is 1.60 bits per heavy atom. The molecule has 0 aliphatic rings. The number of anilines is 1. The first-order valence-electron chi connectivity index (χ1n) is 3.81. The molecule has 0 atom stereocenters. The number of benzene rings is 1. The number of nitrogens with zero attached hydrogens (tertiary/aromatic N) is 2. The van der Waals surface area contributed by atoms with Gasteiger partial charge in [0.2, 0.25) is 6.19 Å². The molecule has 0 aliphatic carbocycles. The van der Waals surface area contributed by atoms with E-state index < -0.39 is 5.82 Å². The number of aliphatic imine (C=N–C) groups is 1. The molecule has 1 N–H and O–H groups in total. The van der Waals surface area contributed by atoms with Gasteiger partial charge in [0.1, 0.15) is 5.82 Å². The zero-order valence-corrected chi connectivity index (χ0v) is 11.2. The zero-order valence-electron chi connectivity index (χ0n) is 8.41. The fourth-order valence-electron chi connectivity index (χ4n) is 0.971. The fourth-order valence-corrected chi connectivity index (χ4v) is 1.11. The Morgan fingerprint density at radius 2 is 2.27 bits per heavy atom. The molecule has 0 fully saturated rings. The van der Waals surface area contributed by atoms with Crippen LogP contribution in [0.3, 0.4) is 0 Å². The number of hydrogen-bond acceptors (Lipinski definition) is 3. The van der Waals surface area contributed by atoms with Crippen molar-refractivity contribution in [2.75, 3.05) is 5.32 Å². The molecule has 6 heteroatoms. The summed E-state index contributed by atoms with van der Waals surface area (Å²) in [5, 5.41) is 10.7. The summed E-state index contributed by atoms with van der Waals surface area (Å²) in [6.07, 6.45) is 1.53. The van der Waals surface area contributed by atoms with E-state index in [1.54, 1.807) is 19.1 Å². The number of nitrogens with one attached hydrogen (secondary N) is 1. The molecule has 0 aliphatic heterocycles. The first-order valence-corrected chi connectivity index (χ1v) is 4.22. The van der Waals surface area contributed by atoms with E-state index >= 15 is 0 Å². The summed E-state index contributed by atoms with van der Waals surface area (Å²) < 4.78 is 13.2. The first kappa shape index (κ1) is 14.3. The molecule has 0 spiro atoms. The summed E-state index contributed by atoms with van der Waals surface area (Å²) in [5.41, 5.74) is 0.969. The Balaban J connectivity index is 0.00000196. The van der Waals surface area contributed by atoms with Crippen molar-refractivity contribution in [2.45, 2.75) is 6.92 Å². The van der Waals surface area contributed by atoms with Crippen LogP contribution in [0.2, 0.25) is 0 Å². The van der Waals surface area contributed by atoms with E-state index in [9.17, 15) is 4.39 Å². The van der Waals surface area contributed by atoms with Gasteiger partial charge >= 0.3 is 29.6 Å². The van der Waals surface area contributed by atoms with Crippen LogP contribution in [0.5, 0.6) is 0 Å². The zero-order chi connectivity index (χ0) is 10.6. The van der Waals surface area contributed by atoms with E-state index in [4.69, 9.17) is 5.26 Å². The van der Waals surface area contributed by atoms with Crippen LogP contribution in [0.15, 0.2) is 23.2 Å². The minimum Gasteiger partial charge on any atom is -0.742 e. The minimum atomic E-state index is -0.416. The van der Waals surface area contributed by atoms with Crippen LogP contribution < -0.4 is 34.9 Å². The van der Waals surface area contributed by atoms with Crippen molar-refractivity contribution in [1.82, 2.24) is 0 Å². The number of nitriles is 1. The van der Waals surface area contributed by atoms with Crippen LogP contribution in [0.25, 0.3) is 0 Å². The molecule has 0 bridgehead atoms. The second-order valence-electron chi connectivity index (χ2n) is 2.57. The van der Waals surface area contributed by atoms with Crippen LogP contribution >= 0.6 is 0 Å². The van der Waals surface area contributed by atoms with Crippen LogP contribution in [0, 0.1) is 24.2 Å². The monoisotopic (exact) mass is 231 g/mol.